The van der Waals surface area contributed by atoms with Crippen LogP contribution in [0.1, 0.15) is 5.56 Å². The second kappa shape index (κ2) is 7.09. The van der Waals surface area contributed by atoms with Gasteiger partial charge in [0.1, 0.15) is 12.4 Å². The Morgan fingerprint density at radius 1 is 1.05 bits per heavy atom. The third kappa shape index (κ3) is 4.07. The summed E-state index contributed by atoms with van der Waals surface area (Å²) in [6.45, 7) is 0.250. The molecule has 0 atom stereocenters. The number of carbonyl (C=O) groups excluding carboxylic acids is 1. The van der Waals surface area contributed by atoms with Crippen LogP contribution < -0.4 is 14.2 Å². The molecule has 0 aliphatic carbocycles. The lowest BCUT2D eigenvalue weighted by Crippen LogP contribution is -2.10. The van der Waals surface area contributed by atoms with Crippen molar-refractivity contribution in [2.75, 3.05) is 14.2 Å². The van der Waals surface area contributed by atoms with E-state index in [4.69, 9.17) is 14.2 Å². The Morgan fingerprint density at radius 3 is 2.33 bits per heavy atom. The van der Waals surface area contributed by atoms with Crippen molar-refractivity contribution in [2.45, 2.75) is 6.61 Å². The van der Waals surface area contributed by atoms with E-state index < -0.39 is 6.16 Å². The van der Waals surface area contributed by atoms with Gasteiger partial charge in [-0.1, -0.05) is 12.1 Å². The largest absolute Gasteiger partial charge is 0.515 e. The van der Waals surface area contributed by atoms with Gasteiger partial charge in [-0.2, -0.15) is 0 Å². The standard InChI is InChI=1S/C14H14N2O5/c1-18-11-5-3-10(4-6-11)9-20-12-13(16-8-7-15-12)21-14(17)19-2/h3-8H,9H2,1-2H3. The van der Waals surface area contributed by atoms with E-state index in [2.05, 4.69) is 14.7 Å². The number of aromatic nitrogens is 2. The zero-order valence-electron chi connectivity index (χ0n) is 11.6. The van der Waals surface area contributed by atoms with E-state index in [-0.39, 0.29) is 18.4 Å². The third-order valence-electron chi connectivity index (χ3n) is 2.51. The molecule has 7 heteroatoms. The Balaban J connectivity index is 2.03. The first-order chi connectivity index (χ1) is 10.2. The lowest BCUT2D eigenvalue weighted by molar-refractivity contribution is 0.116. The second-order valence-electron chi connectivity index (χ2n) is 3.86. The van der Waals surface area contributed by atoms with Crippen LogP contribution in [0.4, 0.5) is 4.79 Å². The average Bonchev–Trinajstić information content (AvgIpc) is 2.54. The van der Waals surface area contributed by atoms with Gasteiger partial charge < -0.3 is 18.9 Å². The first-order valence-corrected chi connectivity index (χ1v) is 6.05. The van der Waals surface area contributed by atoms with E-state index in [1.165, 1.54) is 19.5 Å². The van der Waals surface area contributed by atoms with Crippen LogP contribution in [0.2, 0.25) is 0 Å². The Kier molecular flexibility index (Phi) is 4.92. The summed E-state index contributed by atoms with van der Waals surface area (Å²) in [5, 5.41) is 0. The summed E-state index contributed by atoms with van der Waals surface area (Å²) in [6.07, 6.45) is 1.94. The molecule has 0 radical (unpaired) electrons. The predicted molar refractivity (Wildman–Crippen MR) is 72.4 cm³/mol. The van der Waals surface area contributed by atoms with Crippen LogP contribution in [0.15, 0.2) is 36.7 Å². The molecule has 0 amide bonds. The fourth-order valence-electron chi connectivity index (χ4n) is 1.48. The SMILES string of the molecule is COC(=O)Oc1nccnc1OCc1ccc(OC)cc1. The second-order valence-corrected chi connectivity index (χ2v) is 3.86. The molecular formula is C14H14N2O5. The number of rotatable bonds is 5. The van der Waals surface area contributed by atoms with Gasteiger partial charge in [0, 0.05) is 12.4 Å². The van der Waals surface area contributed by atoms with Crippen LogP contribution in [0.5, 0.6) is 17.5 Å². The van der Waals surface area contributed by atoms with Crippen molar-refractivity contribution in [3.63, 3.8) is 0 Å². The van der Waals surface area contributed by atoms with Crippen molar-refractivity contribution in [1.82, 2.24) is 9.97 Å². The molecule has 21 heavy (non-hydrogen) atoms. The van der Waals surface area contributed by atoms with Gasteiger partial charge in [-0.3, -0.25) is 0 Å². The van der Waals surface area contributed by atoms with Crippen molar-refractivity contribution < 1.29 is 23.7 Å². The molecule has 0 spiro atoms. The number of carbonyl (C=O) groups is 1. The van der Waals surface area contributed by atoms with Gasteiger partial charge in [-0.05, 0) is 17.7 Å². The van der Waals surface area contributed by atoms with Crippen LogP contribution in [0.25, 0.3) is 0 Å². The molecule has 0 bridgehead atoms. The molecule has 0 N–H and O–H groups in total. The fourth-order valence-corrected chi connectivity index (χ4v) is 1.48. The van der Waals surface area contributed by atoms with E-state index in [0.29, 0.717) is 0 Å². The van der Waals surface area contributed by atoms with Gasteiger partial charge in [0.05, 0.1) is 14.2 Å². The number of hydrogen-bond donors (Lipinski definition) is 0. The van der Waals surface area contributed by atoms with Crippen molar-refractivity contribution in [3.8, 4) is 17.5 Å². The van der Waals surface area contributed by atoms with Gasteiger partial charge in [0.15, 0.2) is 0 Å². The van der Waals surface area contributed by atoms with Crippen LogP contribution in [-0.4, -0.2) is 30.3 Å². The van der Waals surface area contributed by atoms with Gasteiger partial charge >= 0.3 is 6.16 Å². The summed E-state index contributed by atoms with van der Waals surface area (Å²) in [7, 11) is 2.80. The van der Waals surface area contributed by atoms with Gasteiger partial charge in [0.25, 0.3) is 11.8 Å². The van der Waals surface area contributed by atoms with Crippen LogP contribution in [0.3, 0.4) is 0 Å². The lowest BCUT2D eigenvalue weighted by Gasteiger charge is -2.09. The number of methoxy groups -OCH3 is 2. The van der Waals surface area contributed by atoms with E-state index in [0.717, 1.165) is 11.3 Å². The van der Waals surface area contributed by atoms with Crippen LogP contribution in [0, 0.1) is 0 Å². The third-order valence-corrected chi connectivity index (χ3v) is 2.51. The average molecular weight is 290 g/mol. The number of nitrogens with zero attached hydrogens (tertiary/aromatic N) is 2. The number of ether oxygens (including phenoxy) is 4. The lowest BCUT2D eigenvalue weighted by atomic mass is 10.2. The minimum atomic E-state index is -0.884. The molecule has 1 heterocycles. The topological polar surface area (TPSA) is 79.8 Å². The highest BCUT2D eigenvalue weighted by Crippen LogP contribution is 2.22. The Bertz CT molecular complexity index is 601. The van der Waals surface area contributed by atoms with Crippen LogP contribution >= 0.6 is 0 Å². The first-order valence-electron chi connectivity index (χ1n) is 6.05. The summed E-state index contributed by atoms with van der Waals surface area (Å²) >= 11 is 0. The number of benzene rings is 1. The molecule has 2 rings (SSSR count). The van der Waals surface area contributed by atoms with Crippen molar-refractivity contribution >= 4 is 6.16 Å². The molecule has 0 saturated carbocycles. The highest BCUT2D eigenvalue weighted by atomic mass is 16.7. The minimum absolute atomic E-state index is 0.0436. The zero-order chi connectivity index (χ0) is 15.1. The monoisotopic (exact) mass is 290 g/mol. The van der Waals surface area contributed by atoms with Gasteiger partial charge in [-0.15, -0.1) is 0 Å². The normalized spacial score (nSPS) is 9.81. The number of hydrogen-bond acceptors (Lipinski definition) is 7. The van der Waals surface area contributed by atoms with Crippen molar-refractivity contribution in [3.05, 3.63) is 42.2 Å². The Morgan fingerprint density at radius 2 is 1.71 bits per heavy atom. The quantitative estimate of drug-likeness (QED) is 0.781. The molecule has 1 aromatic carbocycles. The van der Waals surface area contributed by atoms with Gasteiger partial charge in [-0.25, -0.2) is 14.8 Å². The zero-order valence-corrected chi connectivity index (χ0v) is 11.6. The highest BCUT2D eigenvalue weighted by molar-refractivity contribution is 5.63. The van der Waals surface area contributed by atoms with Crippen molar-refractivity contribution in [2.24, 2.45) is 0 Å². The maximum atomic E-state index is 11.1. The van der Waals surface area contributed by atoms with E-state index in [9.17, 15) is 4.79 Å². The highest BCUT2D eigenvalue weighted by Gasteiger charge is 2.13. The van der Waals surface area contributed by atoms with Crippen molar-refractivity contribution in [1.29, 1.82) is 0 Å². The smallest absolute Gasteiger partial charge is 0.497 e. The minimum Gasteiger partial charge on any atom is -0.497 e. The molecule has 0 fully saturated rings. The molecule has 0 unspecified atom stereocenters. The predicted octanol–water partition coefficient (Wildman–Crippen LogP) is 2.21. The molecular weight excluding hydrogens is 276 g/mol. The molecule has 0 aliphatic heterocycles. The van der Waals surface area contributed by atoms with E-state index in [1.807, 2.05) is 24.3 Å². The van der Waals surface area contributed by atoms with E-state index in [1.54, 1.807) is 7.11 Å². The molecule has 1 aromatic heterocycles. The maximum Gasteiger partial charge on any atom is 0.515 e. The summed E-state index contributed by atoms with van der Waals surface area (Å²) in [5.74, 6) is 0.824. The first kappa shape index (κ1) is 14.6. The molecule has 0 aliphatic rings. The fraction of sp³-hybridized carbons (Fsp3) is 0.214. The summed E-state index contributed by atoms with van der Waals surface area (Å²) in [6, 6.07) is 7.36. The maximum absolute atomic E-state index is 11.1. The Hall–Kier alpha value is -2.83. The molecule has 7 nitrogen and oxygen atoms in total. The van der Waals surface area contributed by atoms with Gasteiger partial charge in [0.2, 0.25) is 0 Å². The summed E-state index contributed by atoms with van der Waals surface area (Å²) in [4.78, 5) is 18.9. The molecule has 0 saturated heterocycles. The molecule has 110 valence electrons. The van der Waals surface area contributed by atoms with E-state index >= 15 is 0 Å². The Labute approximate surface area is 121 Å². The van der Waals surface area contributed by atoms with Crippen LogP contribution in [-0.2, 0) is 11.3 Å². The summed E-state index contributed by atoms with van der Waals surface area (Å²) in [5.41, 5.74) is 0.908. The molecule has 2 aromatic rings. The summed E-state index contributed by atoms with van der Waals surface area (Å²) < 4.78 is 19.8.